The number of nitrogens with zero attached hydrogens (tertiary/aromatic N) is 2. The molecule has 2 amide bonds. The van der Waals surface area contributed by atoms with E-state index in [2.05, 4.69) is 17.6 Å². The summed E-state index contributed by atoms with van der Waals surface area (Å²) in [6, 6.07) is 22.3. The Bertz CT molecular complexity index is 1610. The number of aryl methyl sites for hydroxylation is 1. The van der Waals surface area contributed by atoms with Crippen LogP contribution >= 0.6 is 11.8 Å². The first-order chi connectivity index (χ1) is 20.5. The number of fused-ring (bicyclic) bond motifs is 1. The Morgan fingerprint density at radius 2 is 1.81 bits per heavy atom. The van der Waals surface area contributed by atoms with Gasteiger partial charge in [-0.15, -0.1) is 0 Å². The molecular formula is C33H36N4O4S. The number of hydrogen-bond donors (Lipinski definition) is 2. The van der Waals surface area contributed by atoms with Gasteiger partial charge in [0.05, 0.1) is 28.8 Å². The van der Waals surface area contributed by atoms with Gasteiger partial charge in [0.15, 0.2) is 5.16 Å². The van der Waals surface area contributed by atoms with Crippen LogP contribution in [-0.4, -0.2) is 45.9 Å². The smallest absolute Gasteiger partial charge is 0.262 e. The third kappa shape index (κ3) is 6.91. The summed E-state index contributed by atoms with van der Waals surface area (Å²) in [5.74, 6) is -0.282. The van der Waals surface area contributed by atoms with Gasteiger partial charge in [0.25, 0.3) is 11.5 Å². The minimum absolute atomic E-state index is 0.0758. The zero-order valence-electron chi connectivity index (χ0n) is 24.0. The molecule has 0 saturated carbocycles. The summed E-state index contributed by atoms with van der Waals surface area (Å²) in [5, 5.41) is 6.55. The largest absolute Gasteiger partial charge is 0.376 e. The Kier molecular flexibility index (Phi) is 9.71. The van der Waals surface area contributed by atoms with Gasteiger partial charge in [-0.05, 0) is 67.1 Å². The molecule has 2 N–H and O–H groups in total. The monoisotopic (exact) mass is 584 g/mol. The molecule has 1 aliphatic rings. The number of amides is 2. The molecule has 0 bridgehead atoms. The summed E-state index contributed by atoms with van der Waals surface area (Å²) in [5.41, 5.74) is 3.67. The first kappa shape index (κ1) is 29.5. The molecule has 1 aromatic heterocycles. The molecule has 3 aromatic carbocycles. The zero-order valence-corrected chi connectivity index (χ0v) is 24.8. The Hall–Kier alpha value is -3.95. The van der Waals surface area contributed by atoms with Crippen LogP contribution in [0.1, 0.15) is 54.6 Å². The van der Waals surface area contributed by atoms with Crippen LogP contribution in [0, 0.1) is 0 Å². The first-order valence-electron chi connectivity index (χ1n) is 14.5. The fourth-order valence-corrected chi connectivity index (χ4v) is 6.06. The summed E-state index contributed by atoms with van der Waals surface area (Å²) >= 11 is 1.29. The molecule has 1 fully saturated rings. The predicted octanol–water partition coefficient (Wildman–Crippen LogP) is 5.43. The lowest BCUT2D eigenvalue weighted by Gasteiger charge is -2.19. The number of carbonyl (C=O) groups is 2. The fraction of sp³-hybridized carbons (Fsp3) is 0.333. The number of hydrogen-bond acceptors (Lipinski definition) is 6. The summed E-state index contributed by atoms with van der Waals surface area (Å²) in [4.78, 5) is 44.5. The number of nitrogens with one attached hydrogen (secondary N) is 2. The third-order valence-corrected chi connectivity index (χ3v) is 8.82. The molecule has 8 nitrogen and oxygen atoms in total. The van der Waals surface area contributed by atoms with Crippen molar-refractivity contribution in [3.63, 3.8) is 0 Å². The summed E-state index contributed by atoms with van der Waals surface area (Å²) < 4.78 is 7.21. The van der Waals surface area contributed by atoms with E-state index in [1.165, 1.54) is 11.8 Å². The summed E-state index contributed by atoms with van der Waals surface area (Å²) in [6.07, 6.45) is 3.42. The Balaban J connectivity index is 1.37. The van der Waals surface area contributed by atoms with E-state index in [9.17, 15) is 14.4 Å². The zero-order chi connectivity index (χ0) is 29.5. The molecule has 9 heteroatoms. The summed E-state index contributed by atoms with van der Waals surface area (Å²) in [7, 11) is 0. The topological polar surface area (TPSA) is 102 Å². The van der Waals surface area contributed by atoms with Crippen molar-refractivity contribution < 1.29 is 14.3 Å². The average Bonchev–Trinajstić information content (AvgIpc) is 3.55. The fourth-order valence-electron chi connectivity index (χ4n) is 5.05. The van der Waals surface area contributed by atoms with Crippen molar-refractivity contribution in [3.05, 3.63) is 99.8 Å². The van der Waals surface area contributed by atoms with Crippen LogP contribution in [0.2, 0.25) is 0 Å². The Labute approximate surface area is 249 Å². The van der Waals surface area contributed by atoms with E-state index in [1.807, 2.05) is 61.5 Å². The molecule has 218 valence electrons. The highest BCUT2D eigenvalue weighted by Gasteiger charge is 2.23. The Morgan fingerprint density at radius 3 is 2.55 bits per heavy atom. The molecule has 4 aromatic rings. The van der Waals surface area contributed by atoms with E-state index < -0.39 is 5.25 Å². The van der Waals surface area contributed by atoms with Crippen molar-refractivity contribution in [3.8, 4) is 0 Å². The van der Waals surface area contributed by atoms with Gasteiger partial charge in [-0.3, -0.25) is 19.0 Å². The molecule has 1 aliphatic heterocycles. The lowest BCUT2D eigenvalue weighted by Crippen LogP contribution is -2.31. The van der Waals surface area contributed by atoms with Gasteiger partial charge in [0.1, 0.15) is 0 Å². The van der Waals surface area contributed by atoms with Gasteiger partial charge in [-0.2, -0.15) is 0 Å². The van der Waals surface area contributed by atoms with Crippen LogP contribution in [0.4, 0.5) is 5.69 Å². The molecule has 2 atom stereocenters. The molecular weight excluding hydrogens is 548 g/mol. The van der Waals surface area contributed by atoms with Gasteiger partial charge in [0.2, 0.25) is 5.91 Å². The quantitative estimate of drug-likeness (QED) is 0.180. The van der Waals surface area contributed by atoms with Crippen molar-refractivity contribution in [2.45, 2.75) is 62.6 Å². The molecule has 0 radical (unpaired) electrons. The second-order valence-corrected chi connectivity index (χ2v) is 11.5. The van der Waals surface area contributed by atoms with Gasteiger partial charge >= 0.3 is 0 Å². The van der Waals surface area contributed by atoms with E-state index in [4.69, 9.17) is 9.72 Å². The predicted molar refractivity (Wildman–Crippen MR) is 167 cm³/mol. The van der Waals surface area contributed by atoms with Crippen molar-refractivity contribution >= 4 is 40.2 Å². The normalized spacial score (nSPS) is 15.4. The molecule has 2 heterocycles. The lowest BCUT2D eigenvalue weighted by molar-refractivity contribution is -0.115. The van der Waals surface area contributed by atoms with Crippen LogP contribution in [0.15, 0.2) is 82.7 Å². The number of para-hydroxylation sites is 2. The number of ether oxygens (including phenoxy) is 1. The number of anilines is 1. The number of rotatable bonds is 11. The van der Waals surface area contributed by atoms with Gasteiger partial charge in [-0.1, -0.05) is 68.1 Å². The highest BCUT2D eigenvalue weighted by atomic mass is 32.2. The maximum absolute atomic E-state index is 13.7. The van der Waals surface area contributed by atoms with Crippen LogP contribution in [0.3, 0.4) is 0 Å². The second-order valence-electron chi connectivity index (χ2n) is 10.4. The maximum Gasteiger partial charge on any atom is 0.262 e. The minimum atomic E-state index is -0.454. The molecule has 5 rings (SSSR count). The maximum atomic E-state index is 13.7. The average molecular weight is 585 g/mol. The van der Waals surface area contributed by atoms with E-state index >= 15 is 0 Å². The number of thioether (sulfide) groups is 1. The number of carbonyl (C=O) groups excluding carboxylic acids is 2. The molecule has 42 heavy (non-hydrogen) atoms. The van der Waals surface area contributed by atoms with Crippen LogP contribution in [0.5, 0.6) is 0 Å². The molecule has 0 aliphatic carbocycles. The first-order valence-corrected chi connectivity index (χ1v) is 15.4. The molecule has 0 unspecified atom stereocenters. The van der Waals surface area contributed by atoms with Crippen molar-refractivity contribution in [1.29, 1.82) is 0 Å². The standard InChI is InChI=1S/C33H36N4O4S/c1-3-23-10-5-7-13-27(23)35-31(39)29(4-2)42-33-36-28-14-8-6-12-26(28)32(40)37(33)21-22-15-17-24(18-16-22)30(38)34-20-25-11-9-19-41-25/h5-8,10,12-18,25,29H,3-4,9,11,19-21H2,1-2H3,(H,34,38)(H,35,39)/t25-,29+/m1/s1. The van der Waals surface area contributed by atoms with Crippen LogP contribution in [0.25, 0.3) is 10.9 Å². The van der Waals surface area contributed by atoms with Crippen molar-refractivity contribution in [2.75, 3.05) is 18.5 Å². The lowest BCUT2D eigenvalue weighted by atomic mass is 10.1. The van der Waals surface area contributed by atoms with Crippen LogP contribution < -0.4 is 16.2 Å². The van der Waals surface area contributed by atoms with Gasteiger partial charge in [-0.25, -0.2) is 4.98 Å². The van der Waals surface area contributed by atoms with E-state index in [0.717, 1.165) is 42.7 Å². The third-order valence-electron chi connectivity index (χ3n) is 7.46. The van der Waals surface area contributed by atoms with E-state index in [-0.39, 0.29) is 30.0 Å². The Morgan fingerprint density at radius 1 is 1.05 bits per heavy atom. The summed E-state index contributed by atoms with van der Waals surface area (Å²) in [6.45, 7) is 5.51. The van der Waals surface area contributed by atoms with Crippen molar-refractivity contribution in [2.24, 2.45) is 0 Å². The van der Waals surface area contributed by atoms with E-state index in [1.54, 1.807) is 22.8 Å². The van der Waals surface area contributed by atoms with Gasteiger partial charge in [0, 0.05) is 24.4 Å². The van der Waals surface area contributed by atoms with E-state index in [0.29, 0.717) is 34.6 Å². The van der Waals surface area contributed by atoms with Gasteiger partial charge < -0.3 is 15.4 Å². The molecule has 0 spiro atoms. The second kappa shape index (κ2) is 13.8. The SMILES string of the molecule is CCc1ccccc1NC(=O)[C@H](CC)Sc1nc2ccccc2c(=O)n1Cc1ccc(C(=O)NC[C@H]2CCCO2)cc1. The highest BCUT2D eigenvalue weighted by Crippen LogP contribution is 2.27. The highest BCUT2D eigenvalue weighted by molar-refractivity contribution is 8.00. The number of aromatic nitrogens is 2. The van der Waals surface area contributed by atoms with Crippen LogP contribution in [-0.2, 0) is 22.5 Å². The minimum Gasteiger partial charge on any atom is -0.376 e. The van der Waals surface area contributed by atoms with Crippen molar-refractivity contribution in [1.82, 2.24) is 14.9 Å². The number of benzene rings is 3. The molecule has 1 saturated heterocycles.